The van der Waals surface area contributed by atoms with E-state index in [2.05, 4.69) is 6.07 Å². The van der Waals surface area contributed by atoms with Crippen molar-refractivity contribution < 1.29 is 9.90 Å². The van der Waals surface area contributed by atoms with Crippen LogP contribution in [0.1, 0.15) is 25.0 Å². The molecule has 0 radical (unpaired) electrons. The Bertz CT molecular complexity index is 668. The minimum absolute atomic E-state index is 0.504. The fourth-order valence-corrected chi connectivity index (χ4v) is 2.59. The van der Waals surface area contributed by atoms with Gasteiger partial charge in [0.25, 0.3) is 0 Å². The van der Waals surface area contributed by atoms with Gasteiger partial charge in [-0.25, -0.2) is 0 Å². The number of carbonyl (C=O) groups is 1. The van der Waals surface area contributed by atoms with Gasteiger partial charge in [-0.05, 0) is 31.5 Å². The summed E-state index contributed by atoms with van der Waals surface area (Å²) in [7, 11) is 0. The molecule has 0 spiro atoms. The number of carboxylic acid groups (broad SMARTS) is 1. The van der Waals surface area contributed by atoms with Gasteiger partial charge in [0.2, 0.25) is 0 Å². The van der Waals surface area contributed by atoms with Gasteiger partial charge in [-0.15, -0.1) is 11.8 Å². The number of nitrogens with zero attached hydrogens (tertiary/aromatic N) is 2. The Morgan fingerprint density at radius 2 is 2.26 bits per heavy atom. The molecule has 2 aromatic rings. The Labute approximate surface area is 115 Å². The number of hydrogen-bond acceptors (Lipinski definition) is 3. The lowest BCUT2D eigenvalue weighted by atomic mass is 10.2. The molecule has 0 saturated heterocycles. The smallest absolute Gasteiger partial charge is 0.319 e. The van der Waals surface area contributed by atoms with Crippen molar-refractivity contribution in [2.24, 2.45) is 0 Å². The number of rotatable bonds is 4. The van der Waals surface area contributed by atoms with Crippen molar-refractivity contribution in [2.75, 3.05) is 0 Å². The summed E-state index contributed by atoms with van der Waals surface area (Å²) in [6.45, 7) is 3.34. The van der Waals surface area contributed by atoms with E-state index < -0.39 is 10.7 Å². The standard InChI is InChI=1S/C14H14N2O2S/c1-14(2,13(17)18)19-9-10-8-16-6-4-3-5-12(16)11(10)7-15/h3-6,8H,9H2,1-2H3,(H,17,18). The summed E-state index contributed by atoms with van der Waals surface area (Å²) >= 11 is 1.32. The van der Waals surface area contributed by atoms with Crippen LogP contribution in [0.4, 0.5) is 0 Å². The summed E-state index contributed by atoms with van der Waals surface area (Å²) in [5, 5.41) is 18.3. The maximum absolute atomic E-state index is 11.1. The Morgan fingerprint density at radius 3 is 2.89 bits per heavy atom. The van der Waals surface area contributed by atoms with E-state index in [1.54, 1.807) is 13.8 Å². The lowest BCUT2D eigenvalue weighted by Gasteiger charge is -2.17. The van der Waals surface area contributed by atoms with Crippen LogP contribution in [-0.4, -0.2) is 20.2 Å². The zero-order chi connectivity index (χ0) is 14.0. The van der Waals surface area contributed by atoms with E-state index in [-0.39, 0.29) is 0 Å². The molecule has 0 aliphatic rings. The van der Waals surface area contributed by atoms with Crippen molar-refractivity contribution in [3.05, 3.63) is 41.7 Å². The topological polar surface area (TPSA) is 65.5 Å². The average Bonchev–Trinajstić information content (AvgIpc) is 2.73. The first-order chi connectivity index (χ1) is 8.95. The Balaban J connectivity index is 2.31. The molecule has 0 fully saturated rings. The van der Waals surface area contributed by atoms with Crippen LogP contribution in [-0.2, 0) is 10.5 Å². The molecule has 19 heavy (non-hydrogen) atoms. The van der Waals surface area contributed by atoms with E-state index >= 15 is 0 Å². The van der Waals surface area contributed by atoms with Crippen LogP contribution in [0.2, 0.25) is 0 Å². The zero-order valence-corrected chi connectivity index (χ0v) is 11.6. The molecule has 98 valence electrons. The molecule has 0 unspecified atom stereocenters. The van der Waals surface area contributed by atoms with Gasteiger partial charge in [-0.1, -0.05) is 6.07 Å². The second kappa shape index (κ2) is 4.98. The number of aromatic nitrogens is 1. The summed E-state index contributed by atoms with van der Waals surface area (Å²) in [6, 6.07) is 7.86. The maximum atomic E-state index is 11.1. The van der Waals surface area contributed by atoms with E-state index in [9.17, 15) is 10.1 Å². The predicted octanol–water partition coefficient (Wildman–Crippen LogP) is 2.91. The number of pyridine rings is 1. The van der Waals surface area contributed by atoms with Crippen molar-refractivity contribution >= 4 is 23.2 Å². The maximum Gasteiger partial charge on any atom is 0.319 e. The van der Waals surface area contributed by atoms with Crippen molar-refractivity contribution in [2.45, 2.75) is 24.3 Å². The Morgan fingerprint density at radius 1 is 1.53 bits per heavy atom. The highest BCUT2D eigenvalue weighted by molar-refractivity contribution is 8.00. The van der Waals surface area contributed by atoms with Crippen LogP contribution in [0.5, 0.6) is 0 Å². The number of thioether (sulfide) groups is 1. The van der Waals surface area contributed by atoms with Crippen LogP contribution in [0, 0.1) is 11.3 Å². The van der Waals surface area contributed by atoms with Gasteiger partial charge in [0.15, 0.2) is 0 Å². The molecule has 0 aliphatic carbocycles. The van der Waals surface area contributed by atoms with E-state index in [0.29, 0.717) is 11.3 Å². The molecule has 4 nitrogen and oxygen atoms in total. The van der Waals surface area contributed by atoms with Crippen LogP contribution in [0.15, 0.2) is 30.6 Å². The summed E-state index contributed by atoms with van der Waals surface area (Å²) in [5.41, 5.74) is 2.34. The van der Waals surface area contributed by atoms with Crippen molar-refractivity contribution in [3.63, 3.8) is 0 Å². The fourth-order valence-electron chi connectivity index (χ4n) is 1.74. The molecule has 0 saturated carbocycles. The normalized spacial score (nSPS) is 11.4. The number of aliphatic carboxylic acids is 1. The van der Waals surface area contributed by atoms with E-state index in [0.717, 1.165) is 11.1 Å². The second-order valence-corrected chi connectivity index (χ2v) is 6.34. The summed E-state index contributed by atoms with van der Waals surface area (Å²) in [6.07, 6.45) is 3.77. The van der Waals surface area contributed by atoms with Crippen LogP contribution in [0.25, 0.3) is 5.52 Å². The van der Waals surface area contributed by atoms with E-state index in [1.165, 1.54) is 11.8 Å². The van der Waals surface area contributed by atoms with Gasteiger partial charge in [-0.3, -0.25) is 4.79 Å². The third-order valence-electron chi connectivity index (χ3n) is 2.98. The Hall–Kier alpha value is -1.93. The van der Waals surface area contributed by atoms with Gasteiger partial charge in [0.05, 0.1) is 11.1 Å². The molecule has 2 aromatic heterocycles. The van der Waals surface area contributed by atoms with Crippen molar-refractivity contribution in [1.29, 1.82) is 5.26 Å². The first kappa shape index (κ1) is 13.5. The molecule has 0 aliphatic heterocycles. The van der Waals surface area contributed by atoms with Crippen LogP contribution < -0.4 is 0 Å². The number of fused-ring (bicyclic) bond motifs is 1. The molecular weight excluding hydrogens is 260 g/mol. The molecule has 0 amide bonds. The Kier molecular flexibility index (Phi) is 3.54. The highest BCUT2D eigenvalue weighted by Crippen LogP contribution is 2.30. The number of nitriles is 1. The lowest BCUT2D eigenvalue weighted by molar-refractivity contribution is -0.138. The molecule has 0 atom stereocenters. The monoisotopic (exact) mass is 274 g/mol. The van der Waals surface area contributed by atoms with Gasteiger partial charge in [0.1, 0.15) is 10.8 Å². The summed E-state index contributed by atoms with van der Waals surface area (Å²) in [5.74, 6) is -0.344. The van der Waals surface area contributed by atoms with Crippen molar-refractivity contribution in [3.8, 4) is 6.07 Å². The lowest BCUT2D eigenvalue weighted by Crippen LogP contribution is -2.27. The van der Waals surface area contributed by atoms with Crippen LogP contribution in [0.3, 0.4) is 0 Å². The molecular formula is C14H14N2O2S. The zero-order valence-electron chi connectivity index (χ0n) is 10.8. The highest BCUT2D eigenvalue weighted by atomic mass is 32.2. The third-order valence-corrected chi connectivity index (χ3v) is 4.33. The quantitative estimate of drug-likeness (QED) is 0.931. The molecule has 2 heterocycles. The average molecular weight is 274 g/mol. The summed E-state index contributed by atoms with van der Waals surface area (Å²) in [4.78, 5) is 11.1. The molecule has 1 N–H and O–H groups in total. The van der Waals surface area contributed by atoms with Gasteiger partial charge in [-0.2, -0.15) is 5.26 Å². The third kappa shape index (κ3) is 2.59. The summed E-state index contributed by atoms with van der Waals surface area (Å²) < 4.78 is 1.03. The van der Waals surface area contributed by atoms with Crippen LogP contribution >= 0.6 is 11.8 Å². The first-order valence-electron chi connectivity index (χ1n) is 5.82. The second-order valence-electron chi connectivity index (χ2n) is 4.74. The van der Waals surface area contributed by atoms with Crippen molar-refractivity contribution in [1.82, 2.24) is 4.40 Å². The number of carboxylic acids is 1. The molecule has 0 aromatic carbocycles. The SMILES string of the molecule is CC(C)(SCc1cn2ccccc2c1C#N)C(=O)O. The molecule has 5 heteroatoms. The van der Waals surface area contributed by atoms with Gasteiger partial charge in [0, 0.05) is 18.1 Å². The minimum Gasteiger partial charge on any atom is -0.480 e. The first-order valence-corrected chi connectivity index (χ1v) is 6.80. The van der Waals surface area contributed by atoms with Gasteiger partial charge < -0.3 is 9.51 Å². The minimum atomic E-state index is -0.860. The van der Waals surface area contributed by atoms with E-state index in [1.807, 2.05) is 35.0 Å². The number of hydrogen-bond donors (Lipinski definition) is 1. The highest BCUT2D eigenvalue weighted by Gasteiger charge is 2.28. The van der Waals surface area contributed by atoms with Gasteiger partial charge >= 0.3 is 5.97 Å². The molecule has 0 bridgehead atoms. The predicted molar refractivity (Wildman–Crippen MR) is 75.1 cm³/mol. The fraction of sp³-hybridized carbons (Fsp3) is 0.286. The van der Waals surface area contributed by atoms with E-state index in [4.69, 9.17) is 5.11 Å². The molecule has 2 rings (SSSR count). The largest absolute Gasteiger partial charge is 0.480 e.